The largest absolute Gasteiger partial charge is 0.379 e. The van der Waals surface area contributed by atoms with Crippen molar-refractivity contribution in [1.29, 1.82) is 0 Å². The molecule has 8 heteroatoms. The molecule has 1 fully saturated rings. The Morgan fingerprint density at radius 3 is 2.66 bits per heavy atom. The van der Waals surface area contributed by atoms with Crippen LogP contribution >= 0.6 is 0 Å². The van der Waals surface area contributed by atoms with E-state index in [1.54, 1.807) is 19.9 Å². The van der Waals surface area contributed by atoms with E-state index < -0.39 is 10.1 Å². The zero-order chi connectivity index (χ0) is 22.7. The van der Waals surface area contributed by atoms with Crippen LogP contribution in [0.4, 0.5) is 0 Å². The van der Waals surface area contributed by atoms with Crippen LogP contribution in [0.2, 0.25) is 0 Å². The van der Waals surface area contributed by atoms with Gasteiger partial charge in [-0.2, -0.15) is 8.42 Å². The first-order valence-corrected chi connectivity index (χ1v) is 13.2. The van der Waals surface area contributed by atoms with Crippen LogP contribution in [0.1, 0.15) is 55.2 Å². The minimum absolute atomic E-state index is 0.0178. The normalized spacial score (nSPS) is 19.8. The predicted molar refractivity (Wildman–Crippen MR) is 124 cm³/mol. The van der Waals surface area contributed by atoms with Gasteiger partial charge in [-0.15, -0.1) is 0 Å². The minimum atomic E-state index is -3.99. The Kier molecular flexibility index (Phi) is 7.22. The lowest BCUT2D eigenvalue weighted by atomic mass is 9.86. The number of nitrogens with one attached hydrogen (secondary N) is 1. The van der Waals surface area contributed by atoms with Gasteiger partial charge in [0.05, 0.1) is 0 Å². The number of nitrogens with zero attached hydrogens (tertiary/aromatic N) is 2. The summed E-state index contributed by atoms with van der Waals surface area (Å²) in [6, 6.07) is 6.17. The molecule has 1 atom stereocenters. The van der Waals surface area contributed by atoms with Gasteiger partial charge in [-0.25, -0.2) is 0 Å². The van der Waals surface area contributed by atoms with Crippen molar-refractivity contribution in [3.8, 4) is 5.75 Å². The summed E-state index contributed by atoms with van der Waals surface area (Å²) in [6.07, 6.45) is 6.75. The zero-order valence-corrected chi connectivity index (χ0v) is 20.2. The zero-order valence-electron chi connectivity index (χ0n) is 19.4. The summed E-state index contributed by atoms with van der Waals surface area (Å²) in [7, 11) is -3.99. The Morgan fingerprint density at radius 2 is 1.97 bits per heavy atom. The quantitative estimate of drug-likeness (QED) is 0.601. The first kappa shape index (κ1) is 23.3. The van der Waals surface area contributed by atoms with Gasteiger partial charge in [0.2, 0.25) is 0 Å². The molecule has 7 nitrogen and oxygen atoms in total. The van der Waals surface area contributed by atoms with Crippen molar-refractivity contribution in [3.05, 3.63) is 40.8 Å². The lowest BCUT2D eigenvalue weighted by Crippen LogP contribution is -2.44. The molecule has 1 aliphatic carbocycles. The monoisotopic (exact) mass is 461 g/mol. The summed E-state index contributed by atoms with van der Waals surface area (Å²) in [5.41, 5.74) is 2.80. The highest BCUT2D eigenvalue weighted by Crippen LogP contribution is 2.31. The fourth-order valence-electron chi connectivity index (χ4n) is 5.18. The number of hydrogen-bond acceptors (Lipinski definition) is 7. The molecule has 1 N–H and O–H groups in total. The third-order valence-electron chi connectivity index (χ3n) is 6.78. The van der Waals surface area contributed by atoms with Crippen LogP contribution in [0.15, 0.2) is 27.6 Å². The summed E-state index contributed by atoms with van der Waals surface area (Å²) >= 11 is 0. The lowest BCUT2D eigenvalue weighted by Gasteiger charge is -2.38. The molecular weight excluding hydrogens is 426 g/mol. The molecular formula is C24H35N3O4S. The first-order valence-electron chi connectivity index (χ1n) is 11.8. The number of hydrogen-bond donors (Lipinski definition) is 1. The molecule has 1 aliphatic heterocycles. The second-order valence-corrected chi connectivity index (χ2v) is 10.7. The van der Waals surface area contributed by atoms with E-state index in [-0.39, 0.29) is 10.7 Å². The number of piperidine rings is 1. The summed E-state index contributed by atoms with van der Waals surface area (Å²) in [5.74, 6) is 1.36. The smallest absolute Gasteiger partial charge is 0.344 e. The number of fused-ring (bicyclic) bond motifs is 1. The Balaban J connectivity index is 1.49. The highest BCUT2D eigenvalue weighted by atomic mass is 32.2. The highest BCUT2D eigenvalue weighted by molar-refractivity contribution is 7.87. The summed E-state index contributed by atoms with van der Waals surface area (Å²) in [5, 5.41) is 7.21. The summed E-state index contributed by atoms with van der Waals surface area (Å²) in [6.45, 7) is 9.95. The van der Waals surface area contributed by atoms with Gasteiger partial charge in [0, 0.05) is 12.6 Å². The summed E-state index contributed by atoms with van der Waals surface area (Å²) in [4.78, 5) is 2.69. The number of rotatable bonds is 8. The van der Waals surface area contributed by atoms with E-state index in [0.717, 1.165) is 57.8 Å². The van der Waals surface area contributed by atoms with E-state index in [1.807, 2.05) is 12.1 Å². The Bertz CT molecular complexity index is 1010. The van der Waals surface area contributed by atoms with Crippen LogP contribution in [0.3, 0.4) is 0 Å². The van der Waals surface area contributed by atoms with Gasteiger partial charge in [-0.1, -0.05) is 18.1 Å². The van der Waals surface area contributed by atoms with Gasteiger partial charge in [0.1, 0.15) is 11.4 Å². The van der Waals surface area contributed by atoms with Crippen molar-refractivity contribution in [2.45, 2.75) is 70.2 Å². The van der Waals surface area contributed by atoms with Gasteiger partial charge in [0.15, 0.2) is 10.7 Å². The third-order valence-corrected chi connectivity index (χ3v) is 8.28. The Hall–Kier alpha value is -1.90. The molecule has 32 heavy (non-hydrogen) atoms. The third kappa shape index (κ3) is 5.18. The second-order valence-electron chi connectivity index (χ2n) is 9.21. The molecule has 2 heterocycles. The maximum Gasteiger partial charge on any atom is 0.344 e. The number of aromatic nitrogens is 1. The number of aryl methyl sites for hydroxylation is 3. The van der Waals surface area contributed by atoms with Crippen LogP contribution in [0, 0.1) is 19.8 Å². The molecule has 2 aromatic rings. The fraction of sp³-hybridized carbons (Fsp3) is 0.625. The van der Waals surface area contributed by atoms with E-state index in [4.69, 9.17) is 8.71 Å². The molecule has 1 aromatic heterocycles. The predicted octanol–water partition coefficient (Wildman–Crippen LogP) is 3.63. The standard InChI is InChI=1S/C24H35N3O4S/c1-4-13-27(16-19-9-11-25-12-10-19)22-7-5-20-6-8-23(15-21(20)14-22)31-32(28,29)24-17(2)26-30-18(24)3/h6,8,15,19,22,25H,4-5,7,9-14,16H2,1-3H3. The van der Waals surface area contributed by atoms with Gasteiger partial charge in [-0.05, 0) is 101 Å². The minimum Gasteiger partial charge on any atom is -0.379 e. The Morgan fingerprint density at radius 1 is 1.19 bits per heavy atom. The van der Waals surface area contributed by atoms with Crippen LogP contribution < -0.4 is 9.50 Å². The molecule has 4 rings (SSSR count). The fourth-order valence-corrected chi connectivity index (χ4v) is 6.41. The van der Waals surface area contributed by atoms with Crippen molar-refractivity contribution in [1.82, 2.24) is 15.4 Å². The molecule has 0 radical (unpaired) electrons. The molecule has 0 spiro atoms. The van der Waals surface area contributed by atoms with E-state index in [1.165, 1.54) is 24.0 Å². The van der Waals surface area contributed by atoms with Crippen molar-refractivity contribution < 1.29 is 17.1 Å². The van der Waals surface area contributed by atoms with Gasteiger partial charge in [0.25, 0.3) is 0 Å². The van der Waals surface area contributed by atoms with Crippen LogP contribution in [-0.4, -0.2) is 50.7 Å². The average Bonchev–Trinajstić information content (AvgIpc) is 3.12. The van der Waals surface area contributed by atoms with Crippen molar-refractivity contribution in [2.75, 3.05) is 26.2 Å². The SMILES string of the molecule is CCCN(CC1CCNCC1)C1CCc2ccc(OS(=O)(=O)c3c(C)noc3C)cc2C1. The first-order chi connectivity index (χ1) is 15.4. The van der Waals surface area contributed by atoms with E-state index >= 15 is 0 Å². The van der Waals surface area contributed by atoms with E-state index in [9.17, 15) is 8.42 Å². The van der Waals surface area contributed by atoms with Gasteiger partial charge in [-0.3, -0.25) is 4.90 Å². The van der Waals surface area contributed by atoms with Crippen molar-refractivity contribution in [3.63, 3.8) is 0 Å². The van der Waals surface area contributed by atoms with Crippen molar-refractivity contribution >= 4 is 10.1 Å². The van der Waals surface area contributed by atoms with Gasteiger partial charge >= 0.3 is 10.1 Å². The maximum absolute atomic E-state index is 12.8. The van der Waals surface area contributed by atoms with Crippen molar-refractivity contribution in [2.24, 2.45) is 5.92 Å². The number of benzene rings is 1. The molecule has 0 amide bonds. The molecule has 0 saturated carbocycles. The van der Waals surface area contributed by atoms with Crippen LogP contribution in [0.5, 0.6) is 5.75 Å². The van der Waals surface area contributed by atoms with E-state index in [2.05, 4.69) is 22.3 Å². The molecule has 1 unspecified atom stereocenters. The summed E-state index contributed by atoms with van der Waals surface area (Å²) < 4.78 is 36.1. The van der Waals surface area contributed by atoms with Crippen LogP contribution in [0.25, 0.3) is 0 Å². The lowest BCUT2D eigenvalue weighted by molar-refractivity contribution is 0.140. The van der Waals surface area contributed by atoms with Gasteiger partial charge < -0.3 is 14.0 Å². The topological polar surface area (TPSA) is 84.7 Å². The highest BCUT2D eigenvalue weighted by Gasteiger charge is 2.29. The van der Waals surface area contributed by atoms with Crippen LogP contribution in [-0.2, 0) is 23.0 Å². The molecule has 0 bridgehead atoms. The molecule has 176 valence electrons. The molecule has 2 aliphatic rings. The molecule has 1 aromatic carbocycles. The average molecular weight is 462 g/mol. The maximum atomic E-state index is 12.8. The second kappa shape index (κ2) is 9.93. The Labute approximate surface area is 191 Å². The van der Waals surface area contributed by atoms with E-state index in [0.29, 0.717) is 17.5 Å². The molecule has 1 saturated heterocycles.